The van der Waals surface area contributed by atoms with Crippen LogP contribution >= 0.6 is 12.2 Å². The van der Waals surface area contributed by atoms with Crippen LogP contribution in [0.1, 0.15) is 56.3 Å². The summed E-state index contributed by atoms with van der Waals surface area (Å²) in [5.41, 5.74) is 1.18. The molecular weight excluding hydrogens is 312 g/mol. The van der Waals surface area contributed by atoms with Gasteiger partial charge in [-0.15, -0.1) is 0 Å². The van der Waals surface area contributed by atoms with Crippen molar-refractivity contribution in [1.29, 1.82) is 0 Å². The molecule has 0 saturated heterocycles. The van der Waals surface area contributed by atoms with Crippen molar-refractivity contribution in [2.45, 2.75) is 46.0 Å². The Balaban J connectivity index is 2.39. The second kappa shape index (κ2) is 10.7. The molecule has 0 atom stereocenters. The van der Waals surface area contributed by atoms with Crippen molar-refractivity contribution in [3.05, 3.63) is 29.8 Å². The Morgan fingerprint density at radius 1 is 1.09 bits per heavy atom. The van der Waals surface area contributed by atoms with Gasteiger partial charge in [-0.2, -0.15) is 0 Å². The highest BCUT2D eigenvalue weighted by Gasteiger charge is 2.07. The number of esters is 1. The average molecular weight is 336 g/mol. The molecule has 1 aromatic rings. The Morgan fingerprint density at radius 2 is 1.78 bits per heavy atom. The minimum atomic E-state index is -0.359. The second-order valence-electron chi connectivity index (χ2n) is 5.11. The lowest BCUT2D eigenvalue weighted by atomic mass is 10.1. The van der Waals surface area contributed by atoms with Crippen molar-refractivity contribution in [2.75, 3.05) is 11.9 Å². The summed E-state index contributed by atoms with van der Waals surface area (Å²) in [4.78, 5) is 23.3. The lowest BCUT2D eigenvalue weighted by Gasteiger charge is -2.10. The highest BCUT2D eigenvalue weighted by molar-refractivity contribution is 7.80. The number of ether oxygens (including phenoxy) is 1. The summed E-state index contributed by atoms with van der Waals surface area (Å²) in [6.45, 7) is 4.23. The van der Waals surface area contributed by atoms with Gasteiger partial charge >= 0.3 is 5.97 Å². The summed E-state index contributed by atoms with van der Waals surface area (Å²) in [6.07, 6.45) is 4.69. The summed E-state index contributed by atoms with van der Waals surface area (Å²) >= 11 is 5.11. The van der Waals surface area contributed by atoms with Crippen LogP contribution in [0.15, 0.2) is 24.3 Å². The van der Waals surface area contributed by atoms with Crippen molar-refractivity contribution in [3.8, 4) is 0 Å². The SMILES string of the molecule is CCCCCCC(=O)NC(=S)Nc1ccc(C(=O)OCC)cc1. The zero-order valence-electron chi connectivity index (χ0n) is 13.7. The van der Waals surface area contributed by atoms with E-state index < -0.39 is 0 Å². The Labute approximate surface area is 142 Å². The topological polar surface area (TPSA) is 67.4 Å². The van der Waals surface area contributed by atoms with Crippen molar-refractivity contribution in [1.82, 2.24) is 5.32 Å². The Hall–Kier alpha value is -1.95. The number of hydrogen-bond donors (Lipinski definition) is 2. The molecule has 1 aromatic carbocycles. The van der Waals surface area contributed by atoms with Crippen LogP contribution < -0.4 is 10.6 Å². The number of carbonyl (C=O) groups excluding carboxylic acids is 2. The van der Waals surface area contributed by atoms with Crippen LogP contribution in [-0.4, -0.2) is 23.6 Å². The molecule has 0 aliphatic rings. The minimum absolute atomic E-state index is 0.0817. The Kier molecular flexibility index (Phi) is 8.90. The molecule has 0 aromatic heterocycles. The zero-order chi connectivity index (χ0) is 17.1. The van der Waals surface area contributed by atoms with Crippen LogP contribution in [0.5, 0.6) is 0 Å². The number of carbonyl (C=O) groups is 2. The van der Waals surface area contributed by atoms with Gasteiger partial charge in [0.1, 0.15) is 0 Å². The molecule has 0 unspecified atom stereocenters. The van der Waals surface area contributed by atoms with Gasteiger partial charge in [-0.25, -0.2) is 4.79 Å². The van der Waals surface area contributed by atoms with Gasteiger partial charge in [0.2, 0.25) is 5.91 Å². The normalized spacial score (nSPS) is 10.0. The summed E-state index contributed by atoms with van der Waals surface area (Å²) in [5, 5.41) is 5.83. The van der Waals surface area contributed by atoms with Crippen LogP contribution in [0.4, 0.5) is 5.69 Å². The molecule has 1 amide bonds. The van der Waals surface area contributed by atoms with Gasteiger partial charge in [-0.1, -0.05) is 26.2 Å². The van der Waals surface area contributed by atoms with Gasteiger partial charge < -0.3 is 15.4 Å². The number of benzene rings is 1. The van der Waals surface area contributed by atoms with Crippen molar-refractivity contribution in [2.24, 2.45) is 0 Å². The first kappa shape index (κ1) is 19.1. The van der Waals surface area contributed by atoms with Crippen LogP contribution in [0.2, 0.25) is 0 Å². The maximum Gasteiger partial charge on any atom is 0.338 e. The number of unbranched alkanes of at least 4 members (excludes halogenated alkanes) is 3. The summed E-state index contributed by atoms with van der Waals surface area (Å²) < 4.78 is 4.91. The molecule has 0 fully saturated rings. The van der Waals surface area contributed by atoms with E-state index in [1.807, 2.05) is 0 Å². The molecule has 2 N–H and O–H groups in total. The van der Waals surface area contributed by atoms with Crippen molar-refractivity contribution in [3.63, 3.8) is 0 Å². The van der Waals surface area contributed by atoms with Gasteiger partial charge in [0.25, 0.3) is 0 Å². The maximum absolute atomic E-state index is 11.7. The van der Waals surface area contributed by atoms with Gasteiger partial charge in [0.15, 0.2) is 5.11 Å². The molecule has 126 valence electrons. The molecule has 0 aliphatic carbocycles. The molecule has 0 radical (unpaired) electrons. The maximum atomic E-state index is 11.7. The average Bonchev–Trinajstić information content (AvgIpc) is 2.52. The fourth-order valence-corrected chi connectivity index (χ4v) is 2.20. The zero-order valence-corrected chi connectivity index (χ0v) is 14.5. The first-order chi connectivity index (χ1) is 11.1. The highest BCUT2D eigenvalue weighted by Crippen LogP contribution is 2.10. The van der Waals surface area contributed by atoms with Gasteiger partial charge in [-0.3, -0.25) is 4.79 Å². The van der Waals surface area contributed by atoms with Crippen LogP contribution in [0.3, 0.4) is 0 Å². The van der Waals surface area contributed by atoms with E-state index in [0.29, 0.717) is 24.3 Å². The lowest BCUT2D eigenvalue weighted by Crippen LogP contribution is -2.33. The fraction of sp³-hybridized carbons (Fsp3) is 0.471. The van der Waals surface area contributed by atoms with Crippen LogP contribution in [0, 0.1) is 0 Å². The molecule has 0 heterocycles. The minimum Gasteiger partial charge on any atom is -0.462 e. The first-order valence-corrected chi connectivity index (χ1v) is 8.35. The molecule has 0 spiro atoms. The number of rotatable bonds is 8. The van der Waals surface area contributed by atoms with Crippen LogP contribution in [-0.2, 0) is 9.53 Å². The molecule has 6 heteroatoms. The van der Waals surface area contributed by atoms with E-state index in [9.17, 15) is 9.59 Å². The number of nitrogens with one attached hydrogen (secondary N) is 2. The molecule has 0 saturated carbocycles. The molecule has 0 aliphatic heterocycles. The Bertz CT molecular complexity index is 529. The van der Waals surface area contributed by atoms with E-state index in [0.717, 1.165) is 25.7 Å². The number of anilines is 1. The second-order valence-corrected chi connectivity index (χ2v) is 5.52. The van der Waals surface area contributed by atoms with Gasteiger partial charge in [0, 0.05) is 12.1 Å². The van der Waals surface area contributed by atoms with Crippen LogP contribution in [0.25, 0.3) is 0 Å². The van der Waals surface area contributed by atoms with E-state index in [4.69, 9.17) is 17.0 Å². The van der Waals surface area contributed by atoms with E-state index >= 15 is 0 Å². The fourth-order valence-electron chi connectivity index (χ4n) is 1.97. The molecular formula is C17H24N2O3S. The standard InChI is InChI=1S/C17H24N2O3S/c1-3-5-6-7-8-15(20)19-17(23)18-14-11-9-13(10-12-14)16(21)22-4-2/h9-12H,3-8H2,1-2H3,(H2,18,19,20,23). The predicted molar refractivity (Wildman–Crippen MR) is 95.5 cm³/mol. The quantitative estimate of drug-likeness (QED) is 0.431. The van der Waals surface area contributed by atoms with Gasteiger partial charge in [-0.05, 0) is 49.8 Å². The molecule has 5 nitrogen and oxygen atoms in total. The molecule has 1 rings (SSSR count). The van der Waals surface area contributed by atoms with E-state index in [1.165, 1.54) is 0 Å². The molecule has 23 heavy (non-hydrogen) atoms. The van der Waals surface area contributed by atoms with Crippen molar-refractivity contribution < 1.29 is 14.3 Å². The van der Waals surface area contributed by atoms with E-state index in [1.54, 1.807) is 31.2 Å². The monoisotopic (exact) mass is 336 g/mol. The van der Waals surface area contributed by atoms with Crippen molar-refractivity contribution >= 4 is 34.9 Å². The first-order valence-electron chi connectivity index (χ1n) is 7.94. The highest BCUT2D eigenvalue weighted by atomic mass is 32.1. The third-order valence-corrected chi connectivity index (χ3v) is 3.37. The largest absolute Gasteiger partial charge is 0.462 e. The van der Waals surface area contributed by atoms with Gasteiger partial charge in [0.05, 0.1) is 12.2 Å². The number of thiocarbonyl (C=S) groups is 1. The number of amides is 1. The summed E-state index contributed by atoms with van der Waals surface area (Å²) in [5.74, 6) is -0.441. The third kappa shape index (κ3) is 7.74. The third-order valence-electron chi connectivity index (χ3n) is 3.16. The summed E-state index contributed by atoms with van der Waals surface area (Å²) in [7, 11) is 0. The summed E-state index contributed by atoms with van der Waals surface area (Å²) in [6, 6.07) is 6.73. The Morgan fingerprint density at radius 3 is 2.39 bits per heavy atom. The lowest BCUT2D eigenvalue weighted by molar-refractivity contribution is -0.119. The predicted octanol–water partition coefficient (Wildman–Crippen LogP) is 3.65. The molecule has 0 bridgehead atoms. The smallest absolute Gasteiger partial charge is 0.338 e. The number of hydrogen-bond acceptors (Lipinski definition) is 4. The van der Waals surface area contributed by atoms with E-state index in [2.05, 4.69) is 17.6 Å². The van der Waals surface area contributed by atoms with E-state index in [-0.39, 0.29) is 17.0 Å².